The fourth-order valence-corrected chi connectivity index (χ4v) is 4.98. The van der Waals surface area contributed by atoms with Crippen molar-refractivity contribution in [3.8, 4) is 22.4 Å². The number of Topliss-reactive ketones (excluding diaryl/α,β-unsaturated/α-hetero) is 1. The molecule has 4 aromatic heterocycles. The third-order valence-electron chi connectivity index (χ3n) is 6.91. The van der Waals surface area contributed by atoms with Crippen LogP contribution in [0.2, 0.25) is 0 Å². The summed E-state index contributed by atoms with van der Waals surface area (Å²) < 4.78 is 1.51. The van der Waals surface area contributed by atoms with Crippen molar-refractivity contribution in [1.82, 2.24) is 45.1 Å². The fraction of sp³-hybridized carbons (Fsp3) is 0.231. The first-order chi connectivity index (χ1) is 18.5. The summed E-state index contributed by atoms with van der Waals surface area (Å²) >= 11 is 0. The van der Waals surface area contributed by atoms with Gasteiger partial charge in [0.2, 0.25) is 0 Å². The molecule has 0 unspecified atom stereocenters. The van der Waals surface area contributed by atoms with Crippen LogP contribution in [0.5, 0.6) is 0 Å². The first-order valence-corrected chi connectivity index (χ1v) is 12.2. The molecule has 1 aromatic carbocycles. The van der Waals surface area contributed by atoms with E-state index in [-0.39, 0.29) is 29.3 Å². The first kappa shape index (κ1) is 23.4. The standard InChI is InChI=1S/C26H24N10O2/c1-15(37)21-22(17-9-11-35(12-10-17)26(38)24-31-33-34-32-24)30-25-19(14-29-36(25)23(21)27)18-7-8-20(28-13-18)16-5-3-2-4-6-16/h2-8,13-14,17H,9-12,27H2,1H3,(H,31,32,33,34). The largest absolute Gasteiger partial charge is 0.383 e. The fourth-order valence-electron chi connectivity index (χ4n) is 4.98. The Morgan fingerprint density at radius 3 is 2.47 bits per heavy atom. The maximum atomic E-state index is 12.7. The highest BCUT2D eigenvalue weighted by Gasteiger charge is 2.31. The first-order valence-electron chi connectivity index (χ1n) is 12.2. The summed E-state index contributed by atoms with van der Waals surface area (Å²) in [5.74, 6) is -0.230. The molecule has 1 aliphatic rings. The number of carbonyl (C=O) groups excluding carboxylic acids is 2. The van der Waals surface area contributed by atoms with E-state index in [1.807, 2.05) is 42.5 Å². The molecule has 38 heavy (non-hydrogen) atoms. The van der Waals surface area contributed by atoms with Gasteiger partial charge >= 0.3 is 0 Å². The Bertz CT molecular complexity index is 1620. The van der Waals surface area contributed by atoms with Crippen LogP contribution < -0.4 is 5.73 Å². The van der Waals surface area contributed by atoms with Crippen LogP contribution in [0.1, 0.15) is 52.4 Å². The number of amides is 1. The smallest absolute Gasteiger partial charge is 0.295 e. The van der Waals surface area contributed by atoms with E-state index in [0.717, 1.165) is 22.4 Å². The highest BCUT2D eigenvalue weighted by molar-refractivity contribution is 6.00. The average molecular weight is 509 g/mol. The lowest BCUT2D eigenvalue weighted by molar-refractivity contribution is 0.0698. The molecule has 1 aliphatic heterocycles. The molecule has 1 fully saturated rings. The summed E-state index contributed by atoms with van der Waals surface area (Å²) in [6, 6.07) is 13.9. The molecular weight excluding hydrogens is 484 g/mol. The van der Waals surface area contributed by atoms with Crippen molar-refractivity contribution in [3.63, 3.8) is 0 Å². The van der Waals surface area contributed by atoms with E-state index in [9.17, 15) is 9.59 Å². The predicted octanol–water partition coefficient (Wildman–Crippen LogP) is 2.78. The summed E-state index contributed by atoms with van der Waals surface area (Å²) in [5, 5.41) is 17.8. The van der Waals surface area contributed by atoms with Crippen molar-refractivity contribution >= 4 is 23.2 Å². The molecule has 0 aliphatic carbocycles. The average Bonchev–Trinajstić information content (AvgIpc) is 3.64. The number of nitrogens with one attached hydrogen (secondary N) is 1. The highest BCUT2D eigenvalue weighted by atomic mass is 16.2. The van der Waals surface area contributed by atoms with E-state index in [0.29, 0.717) is 42.8 Å². The zero-order valence-corrected chi connectivity index (χ0v) is 20.6. The number of tetrazole rings is 1. The Hall–Kier alpha value is -5.00. The number of piperidine rings is 1. The number of anilines is 1. The molecule has 12 nitrogen and oxygen atoms in total. The van der Waals surface area contributed by atoms with Crippen molar-refractivity contribution in [3.05, 3.63) is 71.9 Å². The van der Waals surface area contributed by atoms with E-state index < -0.39 is 0 Å². The Morgan fingerprint density at radius 1 is 1.03 bits per heavy atom. The number of nitrogens with two attached hydrogens (primary N) is 1. The molecule has 1 amide bonds. The van der Waals surface area contributed by atoms with Gasteiger partial charge in [0.25, 0.3) is 11.7 Å². The van der Waals surface area contributed by atoms with Gasteiger partial charge in [-0.3, -0.25) is 14.6 Å². The minimum absolute atomic E-state index is 0.0347. The normalized spacial score (nSPS) is 14.2. The minimum Gasteiger partial charge on any atom is -0.383 e. The molecule has 5 heterocycles. The summed E-state index contributed by atoms with van der Waals surface area (Å²) in [6.45, 7) is 2.42. The quantitative estimate of drug-likeness (QED) is 0.340. The van der Waals surface area contributed by atoms with Crippen molar-refractivity contribution in [1.29, 1.82) is 0 Å². The van der Waals surface area contributed by atoms with E-state index >= 15 is 0 Å². The summed E-state index contributed by atoms with van der Waals surface area (Å²) in [4.78, 5) is 36.6. The number of H-pyrrole nitrogens is 1. The molecule has 5 aromatic rings. The van der Waals surface area contributed by atoms with Crippen molar-refractivity contribution in [2.75, 3.05) is 18.8 Å². The van der Waals surface area contributed by atoms with Crippen LogP contribution in [0.4, 0.5) is 5.82 Å². The van der Waals surface area contributed by atoms with E-state index in [2.05, 4.69) is 30.7 Å². The van der Waals surface area contributed by atoms with Gasteiger partial charge < -0.3 is 10.6 Å². The van der Waals surface area contributed by atoms with Crippen LogP contribution in [0.3, 0.4) is 0 Å². The van der Waals surface area contributed by atoms with Crippen LogP contribution in [-0.2, 0) is 0 Å². The predicted molar refractivity (Wildman–Crippen MR) is 138 cm³/mol. The number of aromatic nitrogens is 8. The lowest BCUT2D eigenvalue weighted by Gasteiger charge is -2.31. The number of fused-ring (bicyclic) bond motifs is 1. The van der Waals surface area contributed by atoms with Gasteiger partial charge in [0, 0.05) is 41.9 Å². The number of pyridine rings is 1. The molecular formula is C26H24N10O2. The van der Waals surface area contributed by atoms with E-state index in [1.54, 1.807) is 17.3 Å². The van der Waals surface area contributed by atoms with E-state index in [4.69, 9.17) is 10.7 Å². The van der Waals surface area contributed by atoms with Gasteiger partial charge in [0.1, 0.15) is 5.82 Å². The van der Waals surface area contributed by atoms with Crippen LogP contribution in [0.15, 0.2) is 54.9 Å². The maximum absolute atomic E-state index is 12.7. The summed E-state index contributed by atoms with van der Waals surface area (Å²) in [6.07, 6.45) is 4.71. The van der Waals surface area contributed by atoms with Crippen LogP contribution in [0, 0.1) is 0 Å². The molecule has 12 heteroatoms. The van der Waals surface area contributed by atoms with Gasteiger partial charge in [0.05, 0.1) is 23.1 Å². The van der Waals surface area contributed by atoms with Gasteiger partial charge in [0.15, 0.2) is 11.4 Å². The third-order valence-corrected chi connectivity index (χ3v) is 6.91. The second-order valence-corrected chi connectivity index (χ2v) is 9.21. The maximum Gasteiger partial charge on any atom is 0.295 e. The van der Waals surface area contributed by atoms with Crippen LogP contribution >= 0.6 is 0 Å². The molecule has 0 atom stereocenters. The second kappa shape index (κ2) is 9.47. The molecule has 0 radical (unpaired) electrons. The number of carbonyl (C=O) groups is 2. The number of rotatable bonds is 5. The van der Waals surface area contributed by atoms with Gasteiger partial charge in [-0.2, -0.15) is 14.8 Å². The van der Waals surface area contributed by atoms with Gasteiger partial charge in [-0.05, 0) is 31.0 Å². The number of hydrogen-bond acceptors (Lipinski definition) is 9. The number of benzene rings is 1. The van der Waals surface area contributed by atoms with Crippen molar-refractivity contribution in [2.45, 2.75) is 25.7 Å². The number of likely N-dealkylation sites (tertiary alicyclic amines) is 1. The number of nitrogen functional groups attached to an aromatic ring is 1. The van der Waals surface area contributed by atoms with Crippen molar-refractivity contribution < 1.29 is 9.59 Å². The van der Waals surface area contributed by atoms with Gasteiger partial charge in [-0.15, -0.1) is 10.2 Å². The minimum atomic E-state index is -0.281. The van der Waals surface area contributed by atoms with Gasteiger partial charge in [-0.25, -0.2) is 4.98 Å². The number of nitrogens with zero attached hydrogens (tertiary/aromatic N) is 8. The van der Waals surface area contributed by atoms with Crippen molar-refractivity contribution in [2.24, 2.45) is 0 Å². The number of ketones is 1. The zero-order valence-electron chi connectivity index (χ0n) is 20.6. The Balaban J connectivity index is 1.34. The zero-order chi connectivity index (χ0) is 26.2. The third kappa shape index (κ3) is 4.05. The number of aromatic amines is 1. The lowest BCUT2D eigenvalue weighted by Crippen LogP contribution is -2.39. The highest BCUT2D eigenvalue weighted by Crippen LogP contribution is 2.35. The molecule has 190 valence electrons. The molecule has 6 rings (SSSR count). The number of hydrogen-bond donors (Lipinski definition) is 2. The summed E-state index contributed by atoms with van der Waals surface area (Å²) in [7, 11) is 0. The van der Waals surface area contributed by atoms with Crippen LogP contribution in [0.25, 0.3) is 28.0 Å². The summed E-state index contributed by atoms with van der Waals surface area (Å²) in [5.41, 5.74) is 11.5. The van der Waals surface area contributed by atoms with E-state index in [1.165, 1.54) is 11.4 Å². The lowest BCUT2D eigenvalue weighted by atomic mass is 9.89. The Kier molecular flexibility index (Phi) is 5.83. The Labute approximate surface area is 216 Å². The Morgan fingerprint density at radius 2 is 1.82 bits per heavy atom. The molecule has 0 bridgehead atoms. The SMILES string of the molecule is CC(=O)c1c(C2CCN(C(=O)c3nn[nH]n3)CC2)nc2c(-c3ccc(-c4ccccc4)nc3)cnn2c1N. The molecule has 0 saturated carbocycles. The monoisotopic (exact) mass is 508 g/mol. The van der Waals surface area contributed by atoms with Gasteiger partial charge in [-0.1, -0.05) is 36.4 Å². The second-order valence-electron chi connectivity index (χ2n) is 9.21. The molecule has 1 saturated heterocycles. The van der Waals surface area contributed by atoms with Crippen LogP contribution in [-0.4, -0.2) is 69.9 Å². The molecule has 3 N–H and O–H groups in total. The molecule has 0 spiro atoms. The topological polar surface area (TPSA) is 161 Å².